The van der Waals surface area contributed by atoms with Gasteiger partial charge in [0.25, 0.3) is 5.91 Å². The number of nitrogens with zero attached hydrogens (tertiary/aromatic N) is 3. The number of nitrogens with one attached hydrogen (secondary N) is 1. The van der Waals surface area contributed by atoms with Crippen molar-refractivity contribution in [3.05, 3.63) is 50.7 Å². The first-order valence-corrected chi connectivity index (χ1v) is 6.40. The number of hydrogen-bond donors (Lipinski definition) is 1. The van der Waals surface area contributed by atoms with Crippen LogP contribution in [0.5, 0.6) is 0 Å². The molecule has 1 amide bonds. The summed E-state index contributed by atoms with van der Waals surface area (Å²) in [4.78, 5) is 27.4. The summed E-state index contributed by atoms with van der Waals surface area (Å²) >= 11 is 6.14. The predicted molar refractivity (Wildman–Crippen MR) is 75.8 cm³/mol. The van der Waals surface area contributed by atoms with Crippen LogP contribution in [0.4, 0.5) is 0 Å². The van der Waals surface area contributed by atoms with Gasteiger partial charge in [0, 0.05) is 25.7 Å². The third-order valence-corrected chi connectivity index (χ3v) is 3.48. The number of carbonyl (C=O) groups is 1. The van der Waals surface area contributed by atoms with E-state index in [9.17, 15) is 9.59 Å². The number of amides is 1. The van der Waals surface area contributed by atoms with Gasteiger partial charge in [0.15, 0.2) is 0 Å². The van der Waals surface area contributed by atoms with Crippen LogP contribution in [-0.4, -0.2) is 32.6 Å². The van der Waals surface area contributed by atoms with Crippen LogP contribution in [-0.2, 0) is 13.6 Å². The zero-order valence-electron chi connectivity index (χ0n) is 11.5. The van der Waals surface area contributed by atoms with Crippen LogP contribution in [0.2, 0.25) is 5.15 Å². The third kappa shape index (κ3) is 2.75. The van der Waals surface area contributed by atoms with E-state index in [1.807, 2.05) is 6.92 Å². The van der Waals surface area contributed by atoms with E-state index in [-0.39, 0.29) is 17.2 Å². The van der Waals surface area contributed by atoms with E-state index < -0.39 is 0 Å². The summed E-state index contributed by atoms with van der Waals surface area (Å²) in [6.07, 6.45) is 0. The number of rotatable bonds is 3. The molecule has 106 valence electrons. The Labute approximate surface area is 121 Å². The van der Waals surface area contributed by atoms with Crippen molar-refractivity contribution in [1.82, 2.24) is 19.7 Å². The third-order valence-electron chi connectivity index (χ3n) is 3.01. The minimum Gasteiger partial charge on any atom is -0.336 e. The number of aromatic amines is 1. The largest absolute Gasteiger partial charge is 0.336 e. The Morgan fingerprint density at radius 2 is 2.20 bits per heavy atom. The van der Waals surface area contributed by atoms with E-state index in [0.717, 1.165) is 11.3 Å². The normalized spacial score (nSPS) is 10.6. The highest BCUT2D eigenvalue weighted by atomic mass is 35.5. The topological polar surface area (TPSA) is 71.0 Å². The average molecular weight is 295 g/mol. The van der Waals surface area contributed by atoms with Gasteiger partial charge in [-0.3, -0.25) is 14.3 Å². The first-order chi connectivity index (χ1) is 9.40. The highest BCUT2D eigenvalue weighted by Crippen LogP contribution is 2.20. The summed E-state index contributed by atoms with van der Waals surface area (Å²) in [7, 11) is 3.39. The lowest BCUT2D eigenvalue weighted by Crippen LogP contribution is -2.28. The van der Waals surface area contributed by atoms with Crippen LogP contribution in [0, 0.1) is 6.92 Å². The van der Waals surface area contributed by atoms with Gasteiger partial charge in [-0.25, -0.2) is 0 Å². The predicted octanol–water partition coefficient (Wildman–Crippen LogP) is 1.34. The van der Waals surface area contributed by atoms with Gasteiger partial charge in [-0.05, 0) is 13.0 Å². The van der Waals surface area contributed by atoms with Crippen LogP contribution in [0.3, 0.4) is 0 Å². The van der Waals surface area contributed by atoms with Crippen molar-refractivity contribution in [2.24, 2.45) is 7.05 Å². The Balaban J connectivity index is 2.22. The maximum Gasteiger partial charge on any atom is 0.270 e. The van der Waals surface area contributed by atoms with E-state index in [2.05, 4.69) is 10.1 Å². The zero-order valence-corrected chi connectivity index (χ0v) is 12.2. The first kappa shape index (κ1) is 14.3. The second-order valence-electron chi connectivity index (χ2n) is 4.57. The number of carbonyl (C=O) groups excluding carboxylic acids is 1. The summed E-state index contributed by atoms with van der Waals surface area (Å²) < 4.78 is 1.56. The molecule has 0 aliphatic carbocycles. The van der Waals surface area contributed by atoms with Crippen molar-refractivity contribution < 1.29 is 4.79 Å². The van der Waals surface area contributed by atoms with Crippen molar-refractivity contribution in [3.63, 3.8) is 0 Å². The van der Waals surface area contributed by atoms with Crippen molar-refractivity contribution in [2.75, 3.05) is 7.05 Å². The molecule has 0 saturated heterocycles. The Morgan fingerprint density at radius 1 is 1.50 bits per heavy atom. The number of hydrogen-bond acceptors (Lipinski definition) is 3. The lowest BCUT2D eigenvalue weighted by molar-refractivity contribution is 0.0779. The molecule has 2 heterocycles. The SMILES string of the molecule is Cc1nn(C)c(Cl)c1CN(C)C(=O)c1cccc(=O)[nH]1. The minimum absolute atomic E-state index is 0.248. The Hall–Kier alpha value is -2.08. The molecule has 0 saturated carbocycles. The highest BCUT2D eigenvalue weighted by molar-refractivity contribution is 6.30. The molecule has 20 heavy (non-hydrogen) atoms. The lowest BCUT2D eigenvalue weighted by Gasteiger charge is -2.16. The van der Waals surface area contributed by atoms with E-state index in [1.165, 1.54) is 11.0 Å². The molecule has 0 bridgehead atoms. The Kier molecular flexibility index (Phi) is 3.94. The molecule has 0 radical (unpaired) electrons. The molecule has 6 nitrogen and oxygen atoms in total. The minimum atomic E-state index is -0.306. The summed E-state index contributed by atoms with van der Waals surface area (Å²) in [5.74, 6) is -0.276. The molecular formula is C13H15ClN4O2. The zero-order chi connectivity index (χ0) is 14.9. The molecule has 2 rings (SSSR count). The number of halogens is 1. The number of aromatic nitrogens is 3. The molecule has 7 heteroatoms. The van der Waals surface area contributed by atoms with Gasteiger partial charge in [-0.1, -0.05) is 17.7 Å². The quantitative estimate of drug-likeness (QED) is 0.928. The van der Waals surface area contributed by atoms with Crippen LogP contribution < -0.4 is 5.56 Å². The Morgan fingerprint density at radius 3 is 2.75 bits per heavy atom. The van der Waals surface area contributed by atoms with Crippen molar-refractivity contribution >= 4 is 17.5 Å². The summed E-state index contributed by atoms with van der Waals surface area (Å²) in [5, 5.41) is 4.70. The van der Waals surface area contributed by atoms with E-state index >= 15 is 0 Å². The van der Waals surface area contributed by atoms with Gasteiger partial charge in [0.2, 0.25) is 5.56 Å². The maximum absolute atomic E-state index is 12.2. The smallest absolute Gasteiger partial charge is 0.270 e. The highest BCUT2D eigenvalue weighted by Gasteiger charge is 2.18. The summed E-state index contributed by atoms with van der Waals surface area (Å²) in [6.45, 7) is 2.16. The van der Waals surface area contributed by atoms with Gasteiger partial charge in [0.1, 0.15) is 10.8 Å². The summed E-state index contributed by atoms with van der Waals surface area (Å²) in [5.41, 5.74) is 1.51. The fraction of sp³-hybridized carbons (Fsp3) is 0.308. The standard InChI is InChI=1S/C13H15ClN4O2/c1-8-9(12(14)18(3)16-8)7-17(2)13(20)10-5-4-6-11(19)15-10/h4-6H,7H2,1-3H3,(H,15,19). The van der Waals surface area contributed by atoms with Crippen molar-refractivity contribution in [2.45, 2.75) is 13.5 Å². The second-order valence-corrected chi connectivity index (χ2v) is 4.93. The molecule has 2 aromatic rings. The average Bonchev–Trinajstić information content (AvgIpc) is 2.64. The second kappa shape index (κ2) is 5.50. The lowest BCUT2D eigenvalue weighted by atomic mass is 10.2. The molecule has 0 aliphatic heterocycles. The molecule has 1 N–H and O–H groups in total. The molecule has 0 spiro atoms. The first-order valence-electron chi connectivity index (χ1n) is 6.03. The van der Waals surface area contributed by atoms with Gasteiger partial charge < -0.3 is 9.88 Å². The number of pyridine rings is 1. The Bertz CT molecular complexity index is 705. The molecular weight excluding hydrogens is 280 g/mol. The van der Waals surface area contributed by atoms with Gasteiger partial charge in [0.05, 0.1) is 12.2 Å². The number of aryl methyl sites for hydroxylation is 2. The van der Waals surface area contributed by atoms with E-state index in [0.29, 0.717) is 11.7 Å². The van der Waals surface area contributed by atoms with Gasteiger partial charge in [-0.15, -0.1) is 0 Å². The number of H-pyrrole nitrogens is 1. The van der Waals surface area contributed by atoms with E-state index in [1.54, 1.807) is 30.9 Å². The van der Waals surface area contributed by atoms with Crippen molar-refractivity contribution in [1.29, 1.82) is 0 Å². The molecule has 2 aromatic heterocycles. The van der Waals surface area contributed by atoms with Gasteiger partial charge >= 0.3 is 0 Å². The van der Waals surface area contributed by atoms with Crippen LogP contribution in [0.25, 0.3) is 0 Å². The monoisotopic (exact) mass is 294 g/mol. The van der Waals surface area contributed by atoms with Crippen LogP contribution in [0.1, 0.15) is 21.7 Å². The maximum atomic E-state index is 12.2. The fourth-order valence-electron chi connectivity index (χ4n) is 1.94. The van der Waals surface area contributed by atoms with Gasteiger partial charge in [-0.2, -0.15) is 5.10 Å². The fourth-order valence-corrected chi connectivity index (χ4v) is 2.17. The van der Waals surface area contributed by atoms with Crippen molar-refractivity contribution in [3.8, 4) is 0 Å². The van der Waals surface area contributed by atoms with E-state index in [4.69, 9.17) is 11.6 Å². The van der Waals surface area contributed by atoms with Crippen LogP contribution >= 0.6 is 11.6 Å². The van der Waals surface area contributed by atoms with Crippen LogP contribution in [0.15, 0.2) is 23.0 Å². The molecule has 0 aromatic carbocycles. The summed E-state index contributed by atoms with van der Waals surface area (Å²) in [6, 6.07) is 4.47. The molecule has 0 aliphatic rings. The molecule has 0 fully saturated rings. The molecule has 0 atom stereocenters. The molecule has 0 unspecified atom stereocenters.